The Balaban J connectivity index is 1.81. The Bertz CT molecular complexity index is 653. The van der Waals surface area contributed by atoms with Crippen molar-refractivity contribution in [2.45, 2.75) is 85.5 Å². The lowest BCUT2D eigenvalue weighted by molar-refractivity contribution is -0.399. The van der Waals surface area contributed by atoms with Crippen molar-refractivity contribution in [1.82, 2.24) is 0 Å². The maximum atomic E-state index is 10.8. The number of hydrogen-bond acceptors (Lipinski definition) is 16. The molecule has 200 valence electrons. The van der Waals surface area contributed by atoms with E-state index in [2.05, 4.69) is 0 Å². The molecule has 34 heavy (non-hydrogen) atoms. The molecule has 3 saturated heterocycles. The number of ether oxygens (including phenoxy) is 5. The number of hydrogen-bond donors (Lipinski definition) is 11. The van der Waals surface area contributed by atoms with Gasteiger partial charge in [0, 0.05) is 0 Å². The molecule has 0 radical (unpaired) electrons. The number of aliphatic hydroxyl groups is 11. The molecule has 3 aliphatic rings. The summed E-state index contributed by atoms with van der Waals surface area (Å²) < 4.78 is 26.6. The van der Waals surface area contributed by atoms with Crippen LogP contribution in [0, 0.1) is 0 Å². The molecule has 0 aromatic heterocycles. The van der Waals surface area contributed by atoms with E-state index in [1.54, 1.807) is 0 Å². The summed E-state index contributed by atoms with van der Waals surface area (Å²) in [4.78, 5) is 0. The molecule has 0 bridgehead atoms. The highest BCUT2D eigenvalue weighted by atomic mass is 16.8. The molecule has 0 spiro atoms. The van der Waals surface area contributed by atoms with Crippen LogP contribution in [0.3, 0.4) is 0 Å². The van der Waals surface area contributed by atoms with Crippen LogP contribution in [-0.4, -0.2) is 168 Å². The Morgan fingerprint density at radius 2 is 1.15 bits per heavy atom. The first kappa shape index (κ1) is 27.9. The first-order valence-corrected chi connectivity index (χ1v) is 10.6. The predicted molar refractivity (Wildman–Crippen MR) is 101 cm³/mol. The molecule has 0 unspecified atom stereocenters. The summed E-state index contributed by atoms with van der Waals surface area (Å²) in [6.45, 7) is -3.42. The van der Waals surface area contributed by atoms with E-state index in [1.165, 1.54) is 0 Å². The average molecular weight is 504 g/mol. The van der Waals surface area contributed by atoms with Gasteiger partial charge in [0.1, 0.15) is 73.8 Å². The van der Waals surface area contributed by atoms with Crippen molar-refractivity contribution in [3.05, 3.63) is 0 Å². The van der Waals surface area contributed by atoms with Gasteiger partial charge in [0.25, 0.3) is 0 Å². The van der Waals surface area contributed by atoms with Crippen LogP contribution >= 0.6 is 0 Å². The van der Waals surface area contributed by atoms with Gasteiger partial charge in [-0.2, -0.15) is 0 Å². The summed E-state index contributed by atoms with van der Waals surface area (Å²) in [5, 5.41) is 110. The van der Waals surface area contributed by atoms with Gasteiger partial charge in [0.15, 0.2) is 12.6 Å². The molecule has 3 heterocycles. The molecule has 0 aliphatic carbocycles. The summed E-state index contributed by atoms with van der Waals surface area (Å²) in [5.41, 5.74) is 0. The molecular weight excluding hydrogens is 472 g/mol. The molecule has 0 aromatic rings. The quantitative estimate of drug-likeness (QED) is 0.146. The zero-order chi connectivity index (χ0) is 25.4. The first-order chi connectivity index (χ1) is 16.0. The summed E-state index contributed by atoms with van der Waals surface area (Å²) in [7, 11) is 0. The summed E-state index contributed by atoms with van der Waals surface area (Å²) in [6.07, 6.45) is -22.3. The van der Waals surface area contributed by atoms with E-state index in [9.17, 15) is 56.2 Å². The lowest BCUT2D eigenvalue weighted by Gasteiger charge is -2.47. The third kappa shape index (κ3) is 4.96. The fourth-order valence-electron chi connectivity index (χ4n) is 4.11. The predicted octanol–water partition coefficient (Wildman–Crippen LogP) is -7.57. The van der Waals surface area contributed by atoms with Crippen LogP contribution in [0.5, 0.6) is 0 Å². The van der Waals surface area contributed by atoms with Crippen molar-refractivity contribution in [3.63, 3.8) is 0 Å². The fourth-order valence-corrected chi connectivity index (χ4v) is 4.11. The van der Waals surface area contributed by atoms with Crippen LogP contribution in [0.4, 0.5) is 0 Å². The molecule has 0 amide bonds. The molecule has 3 fully saturated rings. The van der Waals surface area contributed by atoms with Gasteiger partial charge >= 0.3 is 0 Å². The number of rotatable bonds is 8. The van der Waals surface area contributed by atoms with E-state index in [4.69, 9.17) is 23.7 Å². The largest absolute Gasteiger partial charge is 0.394 e. The van der Waals surface area contributed by atoms with Crippen molar-refractivity contribution in [2.24, 2.45) is 0 Å². The third-order valence-electron chi connectivity index (χ3n) is 6.18. The van der Waals surface area contributed by atoms with Gasteiger partial charge in [0.2, 0.25) is 5.79 Å². The van der Waals surface area contributed by atoms with E-state index in [-0.39, 0.29) is 0 Å². The standard InChI is InChI=1S/C18H32O16/c19-1-5-8(23)11(26)12(27)16(30-5)32-14-9(24)6(2-20)31-17(13(14)28)34-18(4-22)15(29)10(25)7(3-21)33-18/h5-17,19-29H,1-4H2/t5-,6-,7-,8-,9-,10-,11+,12-,13-,14+,15+,16+,17-,18+/m1/s1. The third-order valence-corrected chi connectivity index (χ3v) is 6.18. The van der Waals surface area contributed by atoms with Crippen LogP contribution in [0.15, 0.2) is 0 Å². The van der Waals surface area contributed by atoms with E-state index >= 15 is 0 Å². The molecular formula is C18H32O16. The fraction of sp³-hybridized carbons (Fsp3) is 1.00. The minimum atomic E-state index is -2.38. The smallest absolute Gasteiger partial charge is 0.224 e. The normalized spacial score (nSPS) is 52.1. The maximum absolute atomic E-state index is 10.8. The zero-order valence-electron chi connectivity index (χ0n) is 17.8. The average Bonchev–Trinajstić information content (AvgIpc) is 3.08. The van der Waals surface area contributed by atoms with Gasteiger partial charge in [-0.05, 0) is 0 Å². The van der Waals surface area contributed by atoms with Crippen LogP contribution in [-0.2, 0) is 23.7 Å². The topological polar surface area (TPSA) is 269 Å². The monoisotopic (exact) mass is 504 g/mol. The van der Waals surface area contributed by atoms with Gasteiger partial charge < -0.3 is 79.9 Å². The van der Waals surface area contributed by atoms with Crippen LogP contribution < -0.4 is 0 Å². The van der Waals surface area contributed by atoms with Crippen LogP contribution in [0.2, 0.25) is 0 Å². The molecule has 16 heteroatoms. The van der Waals surface area contributed by atoms with E-state index < -0.39 is 112 Å². The molecule has 0 saturated carbocycles. The molecule has 16 nitrogen and oxygen atoms in total. The Labute approximate surface area is 192 Å². The van der Waals surface area contributed by atoms with Gasteiger partial charge in [-0.1, -0.05) is 0 Å². The Hall–Kier alpha value is -0.640. The highest BCUT2D eigenvalue weighted by Gasteiger charge is 2.59. The maximum Gasteiger partial charge on any atom is 0.224 e. The van der Waals surface area contributed by atoms with E-state index in [1.807, 2.05) is 0 Å². The van der Waals surface area contributed by atoms with Crippen molar-refractivity contribution in [1.29, 1.82) is 0 Å². The van der Waals surface area contributed by atoms with Crippen LogP contribution in [0.25, 0.3) is 0 Å². The Kier molecular flexibility index (Phi) is 9.18. The lowest BCUT2D eigenvalue weighted by Crippen LogP contribution is -2.66. The van der Waals surface area contributed by atoms with Crippen molar-refractivity contribution < 1.29 is 79.9 Å². The first-order valence-electron chi connectivity index (χ1n) is 10.6. The van der Waals surface area contributed by atoms with Crippen molar-refractivity contribution >= 4 is 0 Å². The lowest BCUT2D eigenvalue weighted by atomic mass is 9.96. The SMILES string of the molecule is OC[C@H]1O[C@@](CO)(O[C@H]2O[C@H](CO)[C@@H](O)[C@H](O[C@@H]3O[C@H](CO)[C@@H](O)[C@H](O)[C@H]3O)[C@H]2O)[C@@H](O)[C@@H]1O. The second-order valence-electron chi connectivity index (χ2n) is 8.37. The van der Waals surface area contributed by atoms with Crippen LogP contribution in [0.1, 0.15) is 0 Å². The Morgan fingerprint density at radius 3 is 1.68 bits per heavy atom. The summed E-state index contributed by atoms with van der Waals surface area (Å²) >= 11 is 0. The summed E-state index contributed by atoms with van der Waals surface area (Å²) in [6, 6.07) is 0. The summed E-state index contributed by atoms with van der Waals surface area (Å²) in [5.74, 6) is -2.38. The second kappa shape index (κ2) is 11.2. The van der Waals surface area contributed by atoms with E-state index in [0.29, 0.717) is 0 Å². The van der Waals surface area contributed by atoms with Gasteiger partial charge in [-0.15, -0.1) is 0 Å². The minimum absolute atomic E-state index is 0.752. The van der Waals surface area contributed by atoms with Crippen molar-refractivity contribution in [3.8, 4) is 0 Å². The van der Waals surface area contributed by atoms with Gasteiger partial charge in [-0.3, -0.25) is 0 Å². The van der Waals surface area contributed by atoms with Gasteiger partial charge in [-0.25, -0.2) is 0 Å². The second-order valence-corrected chi connectivity index (χ2v) is 8.37. The number of aliphatic hydroxyl groups excluding tert-OH is 11. The molecule has 3 aliphatic heterocycles. The van der Waals surface area contributed by atoms with E-state index in [0.717, 1.165) is 0 Å². The highest BCUT2D eigenvalue weighted by molar-refractivity contribution is 4.99. The molecule has 3 rings (SSSR count). The molecule has 11 N–H and O–H groups in total. The zero-order valence-corrected chi connectivity index (χ0v) is 17.8. The van der Waals surface area contributed by atoms with Gasteiger partial charge in [0.05, 0.1) is 19.8 Å². The molecule has 0 aromatic carbocycles. The minimum Gasteiger partial charge on any atom is -0.394 e. The van der Waals surface area contributed by atoms with Crippen molar-refractivity contribution in [2.75, 3.05) is 26.4 Å². The molecule has 14 atom stereocenters. The highest BCUT2D eigenvalue weighted by Crippen LogP contribution is 2.37. The Morgan fingerprint density at radius 1 is 0.588 bits per heavy atom.